The van der Waals surface area contributed by atoms with E-state index in [9.17, 15) is 4.79 Å². The Kier molecular flexibility index (Phi) is 6.20. The van der Waals surface area contributed by atoms with Gasteiger partial charge in [-0.1, -0.05) is 23.2 Å². The number of anilines is 1. The number of ether oxygens (including phenoxy) is 1. The molecule has 0 bridgehead atoms. The first kappa shape index (κ1) is 21.3. The van der Waals surface area contributed by atoms with Crippen molar-refractivity contribution < 1.29 is 13.9 Å². The summed E-state index contributed by atoms with van der Waals surface area (Å²) in [5.74, 6) is 0.539. The second-order valence-electron chi connectivity index (χ2n) is 7.18. The predicted octanol–water partition coefficient (Wildman–Crippen LogP) is 4.68. The molecule has 8 heteroatoms. The molecule has 2 heterocycles. The molecule has 160 valence electrons. The number of halogens is 2. The lowest BCUT2D eigenvalue weighted by atomic mass is 10.00. The van der Waals surface area contributed by atoms with E-state index in [-0.39, 0.29) is 11.9 Å². The highest BCUT2D eigenvalue weighted by Crippen LogP contribution is 2.33. The minimum atomic E-state index is -0.192. The molecule has 1 atom stereocenters. The number of aliphatic imine (C=N–C) groups is 1. The van der Waals surface area contributed by atoms with Crippen LogP contribution in [0.5, 0.6) is 5.75 Å². The van der Waals surface area contributed by atoms with Gasteiger partial charge in [0.2, 0.25) is 0 Å². The number of likely N-dealkylation sites (N-methyl/N-ethyl adjacent to an activating group) is 1. The van der Waals surface area contributed by atoms with E-state index in [0.717, 1.165) is 28.3 Å². The van der Waals surface area contributed by atoms with E-state index >= 15 is 0 Å². The number of benzene rings is 2. The molecule has 1 aliphatic rings. The molecule has 0 aliphatic carbocycles. The van der Waals surface area contributed by atoms with Crippen molar-refractivity contribution >= 4 is 40.5 Å². The second kappa shape index (κ2) is 9.04. The molecule has 0 saturated carbocycles. The second-order valence-corrected chi connectivity index (χ2v) is 8.03. The van der Waals surface area contributed by atoms with Gasteiger partial charge in [-0.15, -0.1) is 0 Å². The van der Waals surface area contributed by atoms with Gasteiger partial charge in [0.25, 0.3) is 5.91 Å². The van der Waals surface area contributed by atoms with E-state index in [0.29, 0.717) is 28.7 Å². The van der Waals surface area contributed by atoms with Gasteiger partial charge < -0.3 is 19.4 Å². The molecule has 4 rings (SSSR count). The van der Waals surface area contributed by atoms with E-state index in [4.69, 9.17) is 37.3 Å². The summed E-state index contributed by atoms with van der Waals surface area (Å²) < 4.78 is 10.4. The van der Waals surface area contributed by atoms with Crippen molar-refractivity contribution in [3.63, 3.8) is 0 Å². The number of furan rings is 1. The number of fused-ring (bicyclic) bond motifs is 1. The van der Waals surface area contributed by atoms with Crippen molar-refractivity contribution in [1.29, 1.82) is 0 Å². The largest absolute Gasteiger partial charge is 0.497 e. The normalized spacial score (nSPS) is 15.7. The molecule has 31 heavy (non-hydrogen) atoms. The third-order valence-corrected chi connectivity index (χ3v) is 5.86. The fourth-order valence-corrected chi connectivity index (χ4v) is 4.05. The molecule has 3 aromatic rings. The Morgan fingerprint density at radius 2 is 2.03 bits per heavy atom. The molecule has 0 spiro atoms. The maximum atomic E-state index is 12.4. The van der Waals surface area contributed by atoms with Gasteiger partial charge in [-0.3, -0.25) is 9.79 Å². The van der Waals surface area contributed by atoms with Gasteiger partial charge >= 0.3 is 0 Å². The number of carbonyl (C=O) groups is 1. The topological polar surface area (TPSA) is 67.1 Å². The van der Waals surface area contributed by atoms with Crippen LogP contribution in [0.4, 0.5) is 5.69 Å². The quantitative estimate of drug-likeness (QED) is 0.603. The Labute approximate surface area is 190 Å². The molecular formula is C23H21Cl2N3O3. The SMILES string of the molecule is COc1ccc2c(c1)N(C)[C@@H](CNC(=O)c1ccoc1)CN=C2c1ccc(Cl)cc1Cl. The van der Waals surface area contributed by atoms with Crippen molar-refractivity contribution in [2.24, 2.45) is 4.99 Å². The van der Waals surface area contributed by atoms with E-state index in [1.807, 2.05) is 31.3 Å². The van der Waals surface area contributed by atoms with E-state index in [1.165, 1.54) is 12.5 Å². The lowest BCUT2D eigenvalue weighted by Gasteiger charge is -2.29. The molecule has 0 unspecified atom stereocenters. The van der Waals surface area contributed by atoms with Crippen LogP contribution in [0.2, 0.25) is 10.0 Å². The van der Waals surface area contributed by atoms with Crippen LogP contribution in [0.1, 0.15) is 21.5 Å². The molecule has 1 amide bonds. The highest BCUT2D eigenvalue weighted by Gasteiger charge is 2.26. The van der Waals surface area contributed by atoms with Gasteiger partial charge in [0.15, 0.2) is 0 Å². The summed E-state index contributed by atoms with van der Waals surface area (Å²) >= 11 is 12.6. The van der Waals surface area contributed by atoms with Gasteiger partial charge in [-0.05, 0) is 36.4 Å². The van der Waals surface area contributed by atoms with Gasteiger partial charge in [-0.2, -0.15) is 0 Å². The Bertz CT molecular complexity index is 1130. The molecular weight excluding hydrogens is 437 g/mol. The Morgan fingerprint density at radius 3 is 2.74 bits per heavy atom. The van der Waals surface area contributed by atoms with E-state index in [1.54, 1.807) is 25.3 Å². The van der Waals surface area contributed by atoms with Gasteiger partial charge in [-0.25, -0.2) is 0 Å². The maximum Gasteiger partial charge on any atom is 0.254 e. The highest BCUT2D eigenvalue weighted by molar-refractivity contribution is 6.38. The number of amides is 1. The zero-order valence-electron chi connectivity index (χ0n) is 17.1. The minimum absolute atomic E-state index is 0.0784. The first-order chi connectivity index (χ1) is 15.0. The number of hydrogen-bond donors (Lipinski definition) is 1. The summed E-state index contributed by atoms with van der Waals surface area (Å²) in [4.78, 5) is 19.4. The zero-order valence-corrected chi connectivity index (χ0v) is 18.6. The minimum Gasteiger partial charge on any atom is -0.497 e. The molecule has 0 saturated heterocycles. The number of rotatable bonds is 5. The fourth-order valence-electron chi connectivity index (χ4n) is 3.55. The number of nitrogens with one attached hydrogen (secondary N) is 1. The summed E-state index contributed by atoms with van der Waals surface area (Å²) in [5.41, 5.74) is 3.92. The van der Waals surface area contributed by atoms with E-state index < -0.39 is 0 Å². The average Bonchev–Trinajstić information content (AvgIpc) is 3.27. The molecule has 1 N–H and O–H groups in total. The van der Waals surface area contributed by atoms with Crippen LogP contribution >= 0.6 is 23.2 Å². The number of hydrogen-bond acceptors (Lipinski definition) is 5. The van der Waals surface area contributed by atoms with E-state index in [2.05, 4.69) is 10.2 Å². The summed E-state index contributed by atoms with van der Waals surface area (Å²) in [7, 11) is 3.61. The first-order valence-electron chi connectivity index (χ1n) is 9.69. The predicted molar refractivity (Wildman–Crippen MR) is 123 cm³/mol. The molecule has 1 aliphatic heterocycles. The summed E-state index contributed by atoms with van der Waals surface area (Å²) in [6.07, 6.45) is 2.90. The highest BCUT2D eigenvalue weighted by atomic mass is 35.5. The number of carbonyl (C=O) groups excluding carboxylic acids is 1. The van der Waals surface area contributed by atoms with Gasteiger partial charge in [0, 0.05) is 41.5 Å². The first-order valence-corrected chi connectivity index (χ1v) is 10.4. The Balaban J connectivity index is 1.69. The number of nitrogens with zero attached hydrogens (tertiary/aromatic N) is 2. The maximum absolute atomic E-state index is 12.4. The van der Waals surface area contributed by atoms with Crippen LogP contribution in [0.15, 0.2) is 64.4 Å². The van der Waals surface area contributed by atoms with Crippen LogP contribution in [0.3, 0.4) is 0 Å². The van der Waals surface area contributed by atoms with Crippen molar-refractivity contribution in [1.82, 2.24) is 5.32 Å². The fraction of sp³-hybridized carbons (Fsp3) is 0.217. The van der Waals surface area contributed by atoms with Crippen LogP contribution in [0, 0.1) is 0 Å². The number of benzodiazepines with no additional fused rings is 1. The summed E-state index contributed by atoms with van der Waals surface area (Å²) in [6, 6.07) is 12.8. The van der Waals surface area contributed by atoms with Crippen molar-refractivity contribution in [3.8, 4) is 5.75 Å². The lowest BCUT2D eigenvalue weighted by Crippen LogP contribution is -2.43. The standard InChI is InChI=1S/C23H21Cl2N3O3/c1-28-16(12-27-23(29)14-7-8-31-13-14)11-26-22(18-5-3-15(24)9-20(18)25)19-6-4-17(30-2)10-21(19)28/h3-10,13,16H,11-12H2,1-2H3,(H,27,29)/t16-/m1/s1. The van der Waals surface area contributed by atoms with Gasteiger partial charge in [0.05, 0.1) is 42.3 Å². The lowest BCUT2D eigenvalue weighted by molar-refractivity contribution is 0.0951. The van der Waals surface area contributed by atoms with Crippen molar-refractivity contribution in [2.45, 2.75) is 6.04 Å². The van der Waals surface area contributed by atoms with Gasteiger partial charge in [0.1, 0.15) is 12.0 Å². The molecule has 6 nitrogen and oxygen atoms in total. The molecule has 0 radical (unpaired) electrons. The van der Waals surface area contributed by atoms with Crippen LogP contribution in [-0.2, 0) is 0 Å². The third kappa shape index (κ3) is 4.40. The van der Waals surface area contributed by atoms with Crippen LogP contribution < -0.4 is 15.0 Å². The third-order valence-electron chi connectivity index (χ3n) is 5.32. The van der Waals surface area contributed by atoms with Crippen LogP contribution in [0.25, 0.3) is 0 Å². The zero-order chi connectivity index (χ0) is 22.0. The Hall–Kier alpha value is -2.96. The summed E-state index contributed by atoms with van der Waals surface area (Å²) in [5, 5.41) is 4.06. The van der Waals surface area contributed by atoms with Crippen LogP contribution in [-0.4, -0.2) is 44.9 Å². The smallest absolute Gasteiger partial charge is 0.254 e. The molecule has 0 fully saturated rings. The average molecular weight is 458 g/mol. The monoisotopic (exact) mass is 457 g/mol. The molecule has 2 aromatic carbocycles. The molecule has 1 aromatic heterocycles. The van der Waals surface area contributed by atoms with Crippen molar-refractivity contribution in [3.05, 3.63) is 81.7 Å². The number of methoxy groups -OCH3 is 1. The Morgan fingerprint density at radius 1 is 1.23 bits per heavy atom. The summed E-state index contributed by atoms with van der Waals surface area (Å²) in [6.45, 7) is 0.871. The van der Waals surface area contributed by atoms with Crippen molar-refractivity contribution in [2.75, 3.05) is 32.1 Å².